The topological polar surface area (TPSA) is 30.5 Å². The van der Waals surface area contributed by atoms with Crippen LogP contribution in [0.3, 0.4) is 0 Å². The number of benzene rings is 1. The van der Waals surface area contributed by atoms with Crippen LogP contribution in [0.25, 0.3) is 0 Å². The molecular weight excluding hydrogens is 257 g/mol. The van der Waals surface area contributed by atoms with Crippen LogP contribution in [0.1, 0.15) is 25.8 Å². The second kappa shape index (κ2) is 7.04. The number of halogens is 1. The standard InChI is InChI=1S/C16H24FNO2/c1-11(2)16-13(6-7-20-16)10-18-9-12-4-5-15(19-3)14(17)8-12/h4-5,8,11,13,16,18H,6-7,9-10H2,1-3H3/t13-,16-/m1/s1. The van der Waals surface area contributed by atoms with Gasteiger partial charge in [-0.2, -0.15) is 0 Å². The van der Waals surface area contributed by atoms with Gasteiger partial charge in [0.05, 0.1) is 13.2 Å². The average Bonchev–Trinajstić information content (AvgIpc) is 2.87. The van der Waals surface area contributed by atoms with Crippen molar-refractivity contribution in [3.05, 3.63) is 29.6 Å². The lowest BCUT2D eigenvalue weighted by molar-refractivity contribution is 0.0539. The van der Waals surface area contributed by atoms with Gasteiger partial charge in [-0.3, -0.25) is 0 Å². The molecule has 2 rings (SSSR count). The molecule has 112 valence electrons. The molecule has 4 heteroatoms. The van der Waals surface area contributed by atoms with Gasteiger partial charge in [-0.25, -0.2) is 4.39 Å². The lowest BCUT2D eigenvalue weighted by Crippen LogP contribution is -2.31. The molecule has 3 nitrogen and oxygen atoms in total. The van der Waals surface area contributed by atoms with Gasteiger partial charge in [0.2, 0.25) is 0 Å². The van der Waals surface area contributed by atoms with E-state index in [1.165, 1.54) is 13.2 Å². The van der Waals surface area contributed by atoms with Crippen molar-refractivity contribution in [3.8, 4) is 5.75 Å². The molecule has 1 aromatic rings. The molecule has 20 heavy (non-hydrogen) atoms. The molecule has 0 amide bonds. The van der Waals surface area contributed by atoms with E-state index in [1.807, 2.05) is 6.07 Å². The molecule has 1 aromatic carbocycles. The molecule has 0 unspecified atom stereocenters. The second-order valence-corrected chi connectivity index (χ2v) is 5.73. The van der Waals surface area contributed by atoms with Crippen LogP contribution in [-0.4, -0.2) is 26.4 Å². The Labute approximate surface area is 120 Å². The average molecular weight is 281 g/mol. The molecule has 0 radical (unpaired) electrons. The quantitative estimate of drug-likeness (QED) is 0.869. The van der Waals surface area contributed by atoms with E-state index in [-0.39, 0.29) is 11.6 Å². The number of methoxy groups -OCH3 is 1. The molecule has 1 heterocycles. The highest BCUT2D eigenvalue weighted by Gasteiger charge is 2.30. The molecule has 1 aliphatic heterocycles. The van der Waals surface area contributed by atoms with Gasteiger partial charge in [-0.05, 0) is 36.0 Å². The van der Waals surface area contributed by atoms with Crippen molar-refractivity contribution >= 4 is 0 Å². The molecular formula is C16H24FNO2. The Balaban J connectivity index is 1.82. The fourth-order valence-corrected chi connectivity index (χ4v) is 2.83. The van der Waals surface area contributed by atoms with Crippen LogP contribution in [-0.2, 0) is 11.3 Å². The minimum Gasteiger partial charge on any atom is -0.494 e. The Morgan fingerprint density at radius 2 is 2.25 bits per heavy atom. The second-order valence-electron chi connectivity index (χ2n) is 5.73. The van der Waals surface area contributed by atoms with Crippen LogP contribution >= 0.6 is 0 Å². The van der Waals surface area contributed by atoms with Crippen LogP contribution in [0.4, 0.5) is 4.39 Å². The summed E-state index contributed by atoms with van der Waals surface area (Å²) in [5.74, 6) is 1.08. The van der Waals surface area contributed by atoms with Gasteiger partial charge in [0.1, 0.15) is 0 Å². The predicted octanol–water partition coefficient (Wildman–Crippen LogP) is 2.99. The molecule has 0 aromatic heterocycles. The summed E-state index contributed by atoms with van der Waals surface area (Å²) >= 11 is 0. The zero-order valence-electron chi connectivity index (χ0n) is 12.5. The Morgan fingerprint density at radius 3 is 2.90 bits per heavy atom. The van der Waals surface area contributed by atoms with E-state index in [0.29, 0.717) is 24.5 Å². The highest BCUT2D eigenvalue weighted by molar-refractivity contribution is 5.29. The van der Waals surface area contributed by atoms with Crippen molar-refractivity contribution in [1.82, 2.24) is 5.32 Å². The van der Waals surface area contributed by atoms with Gasteiger partial charge >= 0.3 is 0 Å². The zero-order chi connectivity index (χ0) is 14.5. The number of hydrogen-bond acceptors (Lipinski definition) is 3. The van der Waals surface area contributed by atoms with Crippen molar-refractivity contribution in [2.75, 3.05) is 20.3 Å². The maximum atomic E-state index is 13.6. The maximum absolute atomic E-state index is 13.6. The fourth-order valence-electron chi connectivity index (χ4n) is 2.83. The van der Waals surface area contributed by atoms with Crippen molar-refractivity contribution in [2.24, 2.45) is 11.8 Å². The first kappa shape index (κ1) is 15.3. The summed E-state index contributed by atoms with van der Waals surface area (Å²) in [7, 11) is 1.47. The first-order valence-corrected chi connectivity index (χ1v) is 7.26. The Morgan fingerprint density at radius 1 is 1.45 bits per heavy atom. The molecule has 0 aliphatic carbocycles. The summed E-state index contributed by atoms with van der Waals surface area (Å²) in [6.45, 7) is 6.83. The molecule has 0 saturated carbocycles. The van der Waals surface area contributed by atoms with Crippen molar-refractivity contribution < 1.29 is 13.9 Å². The molecule has 2 atom stereocenters. The summed E-state index contributed by atoms with van der Waals surface area (Å²) in [6.07, 6.45) is 1.45. The van der Waals surface area contributed by atoms with Crippen molar-refractivity contribution in [2.45, 2.75) is 32.9 Å². The minimum absolute atomic E-state index is 0.290. The van der Waals surface area contributed by atoms with Gasteiger partial charge in [-0.1, -0.05) is 19.9 Å². The number of hydrogen-bond donors (Lipinski definition) is 1. The van der Waals surface area contributed by atoms with E-state index in [9.17, 15) is 4.39 Å². The molecule has 1 aliphatic rings. The lowest BCUT2D eigenvalue weighted by Gasteiger charge is -2.22. The summed E-state index contributed by atoms with van der Waals surface area (Å²) < 4.78 is 24.3. The van der Waals surface area contributed by atoms with Gasteiger partial charge in [0, 0.05) is 19.7 Å². The van der Waals surface area contributed by atoms with E-state index < -0.39 is 0 Å². The largest absolute Gasteiger partial charge is 0.494 e. The zero-order valence-corrected chi connectivity index (χ0v) is 12.5. The summed E-state index contributed by atoms with van der Waals surface area (Å²) in [5, 5.41) is 3.41. The van der Waals surface area contributed by atoms with Crippen LogP contribution in [0.2, 0.25) is 0 Å². The summed E-state index contributed by atoms with van der Waals surface area (Å²) in [6, 6.07) is 5.08. The molecule has 1 saturated heterocycles. The third kappa shape index (κ3) is 3.70. The van der Waals surface area contributed by atoms with E-state index in [0.717, 1.165) is 25.1 Å². The van der Waals surface area contributed by atoms with Crippen molar-refractivity contribution in [3.63, 3.8) is 0 Å². The van der Waals surface area contributed by atoms with Gasteiger partial charge in [-0.15, -0.1) is 0 Å². The normalized spacial score (nSPS) is 22.4. The number of ether oxygens (including phenoxy) is 2. The number of rotatable bonds is 6. The first-order valence-electron chi connectivity index (χ1n) is 7.26. The molecule has 0 spiro atoms. The molecule has 1 N–H and O–H groups in total. The third-order valence-electron chi connectivity index (χ3n) is 3.87. The molecule has 0 bridgehead atoms. The smallest absolute Gasteiger partial charge is 0.165 e. The van der Waals surface area contributed by atoms with Crippen molar-refractivity contribution in [1.29, 1.82) is 0 Å². The monoisotopic (exact) mass is 281 g/mol. The lowest BCUT2D eigenvalue weighted by atomic mass is 9.93. The third-order valence-corrected chi connectivity index (χ3v) is 3.87. The van der Waals surface area contributed by atoms with Crippen LogP contribution < -0.4 is 10.1 Å². The van der Waals surface area contributed by atoms with E-state index in [2.05, 4.69) is 19.2 Å². The van der Waals surface area contributed by atoms with Crippen LogP contribution in [0.15, 0.2) is 18.2 Å². The van der Waals surface area contributed by atoms with Crippen LogP contribution in [0.5, 0.6) is 5.75 Å². The Hall–Kier alpha value is -1.13. The Kier molecular flexibility index (Phi) is 5.38. The van der Waals surface area contributed by atoms with Gasteiger partial charge in [0.15, 0.2) is 11.6 Å². The first-order chi connectivity index (χ1) is 9.61. The highest BCUT2D eigenvalue weighted by Crippen LogP contribution is 2.26. The predicted molar refractivity (Wildman–Crippen MR) is 77.3 cm³/mol. The van der Waals surface area contributed by atoms with E-state index >= 15 is 0 Å². The van der Waals surface area contributed by atoms with Crippen LogP contribution in [0, 0.1) is 17.7 Å². The number of nitrogens with one attached hydrogen (secondary N) is 1. The summed E-state index contributed by atoms with van der Waals surface area (Å²) in [5.41, 5.74) is 0.934. The van der Waals surface area contributed by atoms with Gasteiger partial charge < -0.3 is 14.8 Å². The minimum atomic E-state index is -0.309. The van der Waals surface area contributed by atoms with Gasteiger partial charge in [0.25, 0.3) is 0 Å². The van der Waals surface area contributed by atoms with E-state index in [1.54, 1.807) is 6.07 Å². The van der Waals surface area contributed by atoms with E-state index in [4.69, 9.17) is 9.47 Å². The maximum Gasteiger partial charge on any atom is 0.165 e. The summed E-state index contributed by atoms with van der Waals surface area (Å²) in [4.78, 5) is 0. The fraction of sp³-hybridized carbons (Fsp3) is 0.625. The Bertz CT molecular complexity index is 436. The molecule has 1 fully saturated rings. The SMILES string of the molecule is COc1ccc(CNC[C@H]2CCO[C@@H]2C(C)C)cc1F. The highest BCUT2D eigenvalue weighted by atomic mass is 19.1.